The molecule has 1 aromatic carbocycles. The van der Waals surface area contributed by atoms with Crippen LogP contribution in [0.15, 0.2) is 48.9 Å². The highest BCUT2D eigenvalue weighted by Crippen LogP contribution is 2.30. The van der Waals surface area contributed by atoms with Gasteiger partial charge >= 0.3 is 6.18 Å². The third kappa shape index (κ3) is 4.81. The van der Waals surface area contributed by atoms with Gasteiger partial charge in [-0.15, -0.1) is 4.80 Å². The van der Waals surface area contributed by atoms with Crippen LogP contribution in [0.4, 0.5) is 17.6 Å². The molecule has 0 radical (unpaired) electrons. The molecule has 11 heteroatoms. The summed E-state index contributed by atoms with van der Waals surface area (Å²) in [4.78, 5) is 19.9. The highest BCUT2D eigenvalue weighted by Gasteiger charge is 2.35. The number of likely N-dealkylation sites (tertiary alicyclic amines) is 1. The average Bonchev–Trinajstić information content (AvgIpc) is 3.31. The summed E-state index contributed by atoms with van der Waals surface area (Å²) in [5, 5.41) is 7.90. The number of hydrogen-bond acceptors (Lipinski definition) is 5. The van der Waals surface area contributed by atoms with Crippen molar-refractivity contribution in [3.05, 3.63) is 65.9 Å². The Morgan fingerprint density at radius 2 is 1.94 bits per heavy atom. The number of carbonyl (C=O) groups is 1. The van der Waals surface area contributed by atoms with Gasteiger partial charge in [0.15, 0.2) is 5.82 Å². The maximum absolute atomic E-state index is 14.6. The lowest BCUT2D eigenvalue weighted by Gasteiger charge is -2.40. The van der Waals surface area contributed by atoms with E-state index < -0.39 is 23.5 Å². The molecule has 7 nitrogen and oxygen atoms in total. The van der Waals surface area contributed by atoms with Crippen LogP contribution in [-0.2, 0) is 6.18 Å². The first-order valence-electron chi connectivity index (χ1n) is 10.4. The minimum atomic E-state index is -4.49. The summed E-state index contributed by atoms with van der Waals surface area (Å²) in [5.41, 5.74) is -0.809. The van der Waals surface area contributed by atoms with Crippen LogP contribution in [0.5, 0.6) is 5.88 Å². The normalized spacial score (nSPS) is 18.9. The largest absolute Gasteiger partial charge is 0.475 e. The maximum atomic E-state index is 14.6. The fraction of sp³-hybridized carbons (Fsp3) is 0.364. The van der Waals surface area contributed by atoms with Gasteiger partial charge in [-0.2, -0.15) is 23.4 Å². The lowest BCUT2D eigenvalue weighted by molar-refractivity contribution is -0.137. The van der Waals surface area contributed by atoms with E-state index in [1.165, 1.54) is 30.6 Å². The number of pyridine rings is 1. The Morgan fingerprint density at radius 3 is 2.61 bits per heavy atom. The molecule has 0 saturated carbocycles. The SMILES string of the molecule is CC1CCCN(C(=O)c2cccc(F)c2-n2nccn2)C1COc1ccc(C(F)(F)F)cn1. The number of carbonyl (C=O) groups excluding carboxylic acids is 1. The number of para-hydroxylation sites is 1. The molecular weight excluding hydrogens is 442 g/mol. The zero-order valence-electron chi connectivity index (χ0n) is 17.7. The number of nitrogens with zero attached hydrogens (tertiary/aromatic N) is 5. The van der Waals surface area contributed by atoms with Gasteiger partial charge in [0.2, 0.25) is 5.88 Å². The van der Waals surface area contributed by atoms with Crippen molar-refractivity contribution in [2.24, 2.45) is 5.92 Å². The number of ether oxygens (including phenoxy) is 1. The van der Waals surface area contributed by atoms with Gasteiger partial charge in [-0.25, -0.2) is 9.37 Å². The molecule has 4 rings (SSSR count). The Hall–Kier alpha value is -3.50. The van der Waals surface area contributed by atoms with E-state index in [0.717, 1.165) is 29.8 Å². The van der Waals surface area contributed by atoms with E-state index in [1.54, 1.807) is 4.90 Å². The zero-order chi connectivity index (χ0) is 23.6. The first-order chi connectivity index (χ1) is 15.8. The number of benzene rings is 1. The second-order valence-corrected chi connectivity index (χ2v) is 7.83. The molecule has 3 heterocycles. The van der Waals surface area contributed by atoms with Crippen LogP contribution >= 0.6 is 0 Å². The van der Waals surface area contributed by atoms with Crippen molar-refractivity contribution in [1.82, 2.24) is 24.9 Å². The first kappa shape index (κ1) is 22.7. The Kier molecular flexibility index (Phi) is 6.30. The predicted octanol–water partition coefficient (Wildman–Crippen LogP) is 4.14. The highest BCUT2D eigenvalue weighted by molar-refractivity contribution is 5.98. The summed E-state index contributed by atoms with van der Waals surface area (Å²) in [5.74, 6) is -0.955. The molecule has 1 amide bonds. The Morgan fingerprint density at radius 1 is 1.18 bits per heavy atom. The molecule has 33 heavy (non-hydrogen) atoms. The summed E-state index contributed by atoms with van der Waals surface area (Å²) in [7, 11) is 0. The average molecular weight is 463 g/mol. The van der Waals surface area contributed by atoms with E-state index in [1.807, 2.05) is 6.92 Å². The quantitative estimate of drug-likeness (QED) is 0.532. The molecule has 1 saturated heterocycles. The van der Waals surface area contributed by atoms with E-state index in [0.29, 0.717) is 12.7 Å². The van der Waals surface area contributed by atoms with Gasteiger partial charge in [0.1, 0.15) is 12.3 Å². The fourth-order valence-corrected chi connectivity index (χ4v) is 3.94. The lowest BCUT2D eigenvalue weighted by Crippen LogP contribution is -2.51. The first-order valence-corrected chi connectivity index (χ1v) is 10.4. The van der Waals surface area contributed by atoms with Crippen molar-refractivity contribution in [3.63, 3.8) is 0 Å². The number of halogens is 4. The summed E-state index contributed by atoms with van der Waals surface area (Å²) in [6.07, 6.45) is 0.591. The van der Waals surface area contributed by atoms with Crippen LogP contribution < -0.4 is 4.74 Å². The van der Waals surface area contributed by atoms with Crippen molar-refractivity contribution < 1.29 is 27.1 Å². The maximum Gasteiger partial charge on any atom is 0.417 e. The predicted molar refractivity (Wildman–Crippen MR) is 109 cm³/mol. The van der Waals surface area contributed by atoms with E-state index in [9.17, 15) is 22.4 Å². The van der Waals surface area contributed by atoms with E-state index in [-0.39, 0.29) is 35.7 Å². The second kappa shape index (κ2) is 9.16. The van der Waals surface area contributed by atoms with Crippen LogP contribution in [0.25, 0.3) is 5.69 Å². The standard InChI is InChI=1S/C22H21F4N5O2/c1-14-4-3-11-30(18(14)13-33-19-8-7-15(12-27-19)22(24,25)26)21(32)16-5-2-6-17(23)20(16)31-28-9-10-29-31/h2,5-10,12,14,18H,3-4,11,13H2,1H3. The monoisotopic (exact) mass is 463 g/mol. The lowest BCUT2D eigenvalue weighted by atomic mass is 9.90. The molecule has 2 atom stereocenters. The molecule has 0 bridgehead atoms. The minimum Gasteiger partial charge on any atom is -0.475 e. The van der Waals surface area contributed by atoms with Crippen molar-refractivity contribution in [1.29, 1.82) is 0 Å². The number of hydrogen-bond donors (Lipinski definition) is 0. The van der Waals surface area contributed by atoms with Gasteiger partial charge in [-0.1, -0.05) is 13.0 Å². The topological polar surface area (TPSA) is 73.1 Å². The van der Waals surface area contributed by atoms with Gasteiger partial charge in [-0.05, 0) is 37.0 Å². The van der Waals surface area contributed by atoms with Crippen LogP contribution in [0, 0.1) is 11.7 Å². The zero-order valence-corrected chi connectivity index (χ0v) is 17.7. The van der Waals surface area contributed by atoms with Crippen molar-refractivity contribution >= 4 is 5.91 Å². The second-order valence-electron chi connectivity index (χ2n) is 7.83. The summed E-state index contributed by atoms with van der Waals surface area (Å²) < 4.78 is 58.5. The third-order valence-corrected chi connectivity index (χ3v) is 5.68. The van der Waals surface area contributed by atoms with E-state index in [2.05, 4.69) is 15.2 Å². The highest BCUT2D eigenvalue weighted by atomic mass is 19.4. The number of alkyl halides is 3. The smallest absolute Gasteiger partial charge is 0.417 e. The van der Waals surface area contributed by atoms with Gasteiger partial charge in [0, 0.05) is 18.8 Å². The molecule has 1 aliphatic heterocycles. The Balaban J connectivity index is 1.56. The number of aromatic nitrogens is 4. The van der Waals surface area contributed by atoms with E-state index in [4.69, 9.17) is 4.74 Å². The van der Waals surface area contributed by atoms with Crippen LogP contribution in [0.2, 0.25) is 0 Å². The Bertz CT molecular complexity index is 1100. The summed E-state index contributed by atoms with van der Waals surface area (Å²) in [6.45, 7) is 2.44. The molecule has 1 fully saturated rings. The van der Waals surface area contributed by atoms with Gasteiger partial charge in [0.05, 0.1) is 29.6 Å². The summed E-state index contributed by atoms with van der Waals surface area (Å²) >= 11 is 0. The van der Waals surface area contributed by atoms with Crippen molar-refractivity contribution in [2.75, 3.05) is 13.2 Å². The van der Waals surface area contributed by atoms with E-state index >= 15 is 0 Å². The molecule has 2 unspecified atom stereocenters. The molecular formula is C22H21F4N5O2. The third-order valence-electron chi connectivity index (χ3n) is 5.68. The van der Waals surface area contributed by atoms with Crippen LogP contribution in [0.1, 0.15) is 35.7 Å². The van der Waals surface area contributed by atoms with Crippen LogP contribution in [0.3, 0.4) is 0 Å². The van der Waals surface area contributed by atoms with Crippen LogP contribution in [-0.4, -0.2) is 50.0 Å². The number of rotatable bonds is 5. The van der Waals surface area contributed by atoms with Crippen molar-refractivity contribution in [3.8, 4) is 11.6 Å². The fourth-order valence-electron chi connectivity index (χ4n) is 3.94. The van der Waals surface area contributed by atoms with Gasteiger partial charge in [-0.3, -0.25) is 4.79 Å². The molecule has 3 aromatic rings. The molecule has 2 aromatic heterocycles. The molecule has 174 valence electrons. The summed E-state index contributed by atoms with van der Waals surface area (Å²) in [6, 6.07) is 5.85. The van der Waals surface area contributed by atoms with Crippen molar-refractivity contribution in [2.45, 2.75) is 32.0 Å². The number of piperidine rings is 1. The molecule has 1 aliphatic rings. The Labute approximate surface area is 187 Å². The van der Waals surface area contributed by atoms with Gasteiger partial charge in [0.25, 0.3) is 5.91 Å². The minimum absolute atomic E-state index is 0.0281. The molecule has 0 N–H and O–H groups in total. The number of amides is 1. The molecule has 0 spiro atoms. The van der Waals surface area contributed by atoms with Gasteiger partial charge < -0.3 is 9.64 Å². The molecule has 0 aliphatic carbocycles.